The Morgan fingerprint density at radius 1 is 1.05 bits per heavy atom. The maximum Gasteiger partial charge on any atom is 0.288 e. The molecular weight excluding hydrogens is 550 g/mol. The molecule has 3 atom stereocenters. The van der Waals surface area contributed by atoms with Crippen LogP contribution in [-0.4, -0.2) is 83.8 Å². The number of hydrogen-bond donors (Lipinski definition) is 1. The maximum atomic E-state index is 13.9. The fourth-order valence-corrected chi connectivity index (χ4v) is 6.41. The highest BCUT2D eigenvalue weighted by molar-refractivity contribution is 5.95. The number of carbonyl (C=O) groups excluding carboxylic acids is 2. The predicted molar refractivity (Wildman–Crippen MR) is 160 cm³/mol. The van der Waals surface area contributed by atoms with Gasteiger partial charge in [0.1, 0.15) is 0 Å². The zero-order valence-corrected chi connectivity index (χ0v) is 24.7. The molecule has 4 heterocycles. The van der Waals surface area contributed by atoms with E-state index in [1.807, 2.05) is 60.5 Å². The molecule has 3 aromatic rings. The molecule has 43 heavy (non-hydrogen) atoms. The van der Waals surface area contributed by atoms with Gasteiger partial charge >= 0.3 is 0 Å². The third-order valence-electron chi connectivity index (χ3n) is 8.57. The molecule has 1 saturated heterocycles. The molecule has 3 aliphatic rings. The Bertz CT molecular complexity index is 1510. The molecule has 1 N–H and O–H groups in total. The van der Waals surface area contributed by atoms with E-state index in [1.165, 1.54) is 0 Å². The largest absolute Gasteiger partial charge is 0.459 e. The Balaban J connectivity index is 1.24. The van der Waals surface area contributed by atoms with E-state index in [9.17, 15) is 14.7 Å². The number of piperazine rings is 1. The van der Waals surface area contributed by atoms with E-state index in [0.29, 0.717) is 32.5 Å². The first-order chi connectivity index (χ1) is 21.0. The molecule has 0 radical (unpaired) electrons. The molecule has 1 amide bonds. The number of para-hydroxylation sites is 1. The third kappa shape index (κ3) is 6.00. The molecule has 3 aliphatic heterocycles. The Labute approximate surface area is 251 Å². The lowest BCUT2D eigenvalue weighted by atomic mass is 9.80. The lowest BCUT2D eigenvalue weighted by Gasteiger charge is -2.39. The summed E-state index contributed by atoms with van der Waals surface area (Å²) in [7, 11) is 0. The van der Waals surface area contributed by atoms with Gasteiger partial charge in [-0.1, -0.05) is 24.3 Å². The first kappa shape index (κ1) is 29.2. The van der Waals surface area contributed by atoms with Crippen LogP contribution < -0.4 is 9.47 Å². The summed E-state index contributed by atoms with van der Waals surface area (Å²) in [5.41, 5.74) is 2.91. The number of allylic oxidation sites excluding steroid dienone is 1. The molecule has 0 aliphatic carbocycles. The van der Waals surface area contributed by atoms with Gasteiger partial charge in [0.05, 0.1) is 5.52 Å². The van der Waals surface area contributed by atoms with Crippen LogP contribution in [0, 0.1) is 5.92 Å². The zero-order valence-electron chi connectivity index (χ0n) is 24.7. The fourth-order valence-electron chi connectivity index (χ4n) is 6.41. The summed E-state index contributed by atoms with van der Waals surface area (Å²) in [4.78, 5) is 30.6. The molecule has 1 aromatic heterocycles. The number of carbonyl (C=O) groups is 2. The molecular formula is C33H39N3O7. The van der Waals surface area contributed by atoms with Gasteiger partial charge in [-0.2, -0.15) is 0 Å². The summed E-state index contributed by atoms with van der Waals surface area (Å²) in [5.74, 6) is 1.19. The number of ether oxygens (including phenoxy) is 4. The molecule has 228 valence electrons. The van der Waals surface area contributed by atoms with Gasteiger partial charge in [-0.25, -0.2) is 0 Å². The minimum atomic E-state index is -0.655. The molecule has 0 unspecified atom stereocenters. The number of aliphatic hydroxyl groups is 1. The van der Waals surface area contributed by atoms with Crippen molar-refractivity contribution in [3.63, 3.8) is 0 Å². The summed E-state index contributed by atoms with van der Waals surface area (Å²) >= 11 is 0. The molecule has 10 nitrogen and oxygen atoms in total. The number of aliphatic hydroxyl groups excluding tert-OH is 1. The van der Waals surface area contributed by atoms with E-state index in [0.717, 1.165) is 53.2 Å². The summed E-state index contributed by atoms with van der Waals surface area (Å²) in [6.07, 6.45) is 4.35. The van der Waals surface area contributed by atoms with E-state index in [-0.39, 0.29) is 42.8 Å². The molecule has 6 rings (SSSR count). The molecule has 10 heteroatoms. The average Bonchev–Trinajstić information content (AvgIpc) is 3.65. The van der Waals surface area contributed by atoms with Crippen molar-refractivity contribution in [2.24, 2.45) is 5.92 Å². The van der Waals surface area contributed by atoms with Crippen molar-refractivity contribution in [1.29, 1.82) is 0 Å². The number of nitrogens with zero attached hydrogens (tertiary/aromatic N) is 3. The first-order valence-corrected chi connectivity index (χ1v) is 15.1. The van der Waals surface area contributed by atoms with Crippen molar-refractivity contribution in [1.82, 2.24) is 14.4 Å². The first-order valence-electron chi connectivity index (χ1n) is 15.1. The van der Waals surface area contributed by atoms with Crippen molar-refractivity contribution >= 4 is 22.7 Å². The molecule has 0 bridgehead atoms. The van der Waals surface area contributed by atoms with Gasteiger partial charge in [-0.3, -0.25) is 19.1 Å². The summed E-state index contributed by atoms with van der Waals surface area (Å²) in [6.45, 7) is 7.55. The summed E-state index contributed by atoms with van der Waals surface area (Å²) in [5, 5.41) is 10.6. The van der Waals surface area contributed by atoms with Crippen molar-refractivity contribution < 1.29 is 33.6 Å². The van der Waals surface area contributed by atoms with Gasteiger partial charge < -0.3 is 29.0 Å². The van der Waals surface area contributed by atoms with Crippen LogP contribution in [0.4, 0.5) is 0 Å². The SMILES string of the molecule is CCO[C@H]1OC(C(=O)N2CCN(Cc3ccc4c(c3)OCO4)CC2)=C[C@@H](c2cn(C(C)=O)c3ccccc23)[C@@H]1CCCO. The number of hydrogen-bond acceptors (Lipinski definition) is 8. The number of fused-ring (bicyclic) bond motifs is 2. The quantitative estimate of drug-likeness (QED) is 0.398. The van der Waals surface area contributed by atoms with Crippen LogP contribution in [0.5, 0.6) is 11.5 Å². The molecule has 0 spiro atoms. The van der Waals surface area contributed by atoms with Gasteiger partial charge in [0, 0.05) is 76.3 Å². The van der Waals surface area contributed by atoms with Crippen LogP contribution in [0.1, 0.15) is 48.5 Å². The highest BCUT2D eigenvalue weighted by atomic mass is 16.7. The fraction of sp³-hybridized carbons (Fsp3) is 0.455. The van der Waals surface area contributed by atoms with Crippen LogP contribution in [-0.2, 0) is 20.8 Å². The standard InChI is InChI=1S/C33H39N3O7/c1-3-40-33-25(8-6-16-37)26(27-20-36(22(2)38)28-9-5-4-7-24(27)28)18-31(43-33)32(39)35-14-12-34(13-15-35)19-23-10-11-29-30(17-23)42-21-41-29/h4-5,7,9-11,17-18,20,25-26,33,37H,3,6,8,12-16,19,21H2,1-2H3/t25-,26+,33-/m0/s1. The van der Waals surface area contributed by atoms with E-state index >= 15 is 0 Å². The van der Waals surface area contributed by atoms with E-state index in [4.69, 9.17) is 18.9 Å². The second-order valence-corrected chi connectivity index (χ2v) is 11.3. The maximum absolute atomic E-state index is 13.9. The van der Waals surface area contributed by atoms with Gasteiger partial charge in [0.2, 0.25) is 19.0 Å². The summed E-state index contributed by atoms with van der Waals surface area (Å²) < 4.78 is 25.0. The van der Waals surface area contributed by atoms with Crippen molar-refractivity contribution in [3.05, 3.63) is 71.6 Å². The van der Waals surface area contributed by atoms with Gasteiger partial charge in [0.15, 0.2) is 17.3 Å². The molecule has 2 aromatic carbocycles. The second-order valence-electron chi connectivity index (χ2n) is 11.3. The number of amides is 1. The number of rotatable bonds is 9. The van der Waals surface area contributed by atoms with Crippen LogP contribution in [0.3, 0.4) is 0 Å². The Kier molecular flexibility index (Phi) is 8.69. The van der Waals surface area contributed by atoms with Gasteiger partial charge in [-0.05, 0) is 55.2 Å². The topological polar surface area (TPSA) is 103 Å². The van der Waals surface area contributed by atoms with E-state index in [2.05, 4.69) is 11.0 Å². The highest BCUT2D eigenvalue weighted by Crippen LogP contribution is 2.43. The Morgan fingerprint density at radius 3 is 2.60 bits per heavy atom. The highest BCUT2D eigenvalue weighted by Gasteiger charge is 2.40. The molecule has 1 fully saturated rings. The van der Waals surface area contributed by atoms with Gasteiger partial charge in [-0.15, -0.1) is 0 Å². The normalized spacial score (nSPS) is 22.0. The second kappa shape index (κ2) is 12.8. The number of benzene rings is 2. The lowest BCUT2D eigenvalue weighted by Crippen LogP contribution is -2.49. The van der Waals surface area contributed by atoms with Crippen LogP contribution in [0.25, 0.3) is 10.9 Å². The average molecular weight is 590 g/mol. The van der Waals surface area contributed by atoms with Gasteiger partial charge in [0.25, 0.3) is 5.91 Å². The Hall–Kier alpha value is -3.86. The zero-order chi connectivity index (χ0) is 29.9. The third-order valence-corrected chi connectivity index (χ3v) is 8.57. The van der Waals surface area contributed by atoms with E-state index < -0.39 is 6.29 Å². The minimum absolute atomic E-state index is 0.0449. The minimum Gasteiger partial charge on any atom is -0.459 e. The predicted octanol–water partition coefficient (Wildman–Crippen LogP) is 4.12. The summed E-state index contributed by atoms with van der Waals surface area (Å²) in [6, 6.07) is 13.8. The van der Waals surface area contributed by atoms with Crippen molar-refractivity contribution in [2.45, 2.75) is 45.4 Å². The van der Waals surface area contributed by atoms with Crippen molar-refractivity contribution in [3.8, 4) is 11.5 Å². The van der Waals surface area contributed by atoms with Crippen LogP contribution >= 0.6 is 0 Å². The monoisotopic (exact) mass is 589 g/mol. The molecule has 0 saturated carbocycles. The van der Waals surface area contributed by atoms with Crippen LogP contribution in [0.15, 0.2) is 60.5 Å². The smallest absolute Gasteiger partial charge is 0.288 e. The lowest BCUT2D eigenvalue weighted by molar-refractivity contribution is -0.171. The number of aromatic nitrogens is 1. The van der Waals surface area contributed by atoms with E-state index in [1.54, 1.807) is 11.5 Å². The van der Waals surface area contributed by atoms with Crippen molar-refractivity contribution in [2.75, 3.05) is 46.2 Å². The Morgan fingerprint density at radius 2 is 1.84 bits per heavy atom. The van der Waals surface area contributed by atoms with Crippen LogP contribution in [0.2, 0.25) is 0 Å².